The number of nitrogens with zero attached hydrogens (tertiary/aromatic N) is 4. The number of carbonyl (C=O) groups is 1. The molecule has 0 radical (unpaired) electrons. The number of aromatic amines is 1. The monoisotopic (exact) mass is 370 g/mol. The summed E-state index contributed by atoms with van der Waals surface area (Å²) in [7, 11) is 0. The van der Waals surface area contributed by atoms with Crippen molar-refractivity contribution in [2.45, 2.75) is 18.9 Å². The van der Waals surface area contributed by atoms with E-state index in [9.17, 15) is 14.4 Å². The van der Waals surface area contributed by atoms with Gasteiger partial charge in [0, 0.05) is 38.4 Å². The van der Waals surface area contributed by atoms with Gasteiger partial charge in [0.25, 0.3) is 5.56 Å². The van der Waals surface area contributed by atoms with E-state index in [1.165, 1.54) is 4.57 Å². The van der Waals surface area contributed by atoms with Crippen LogP contribution in [0.1, 0.15) is 29.2 Å². The zero-order valence-corrected chi connectivity index (χ0v) is 14.9. The highest BCUT2D eigenvalue weighted by Crippen LogP contribution is 2.35. The molecule has 2 fully saturated rings. The van der Waals surface area contributed by atoms with E-state index in [0.29, 0.717) is 13.1 Å². The van der Waals surface area contributed by atoms with Crippen molar-refractivity contribution in [3.63, 3.8) is 0 Å². The largest absolute Gasteiger partial charge is 0.384 e. The maximum Gasteiger partial charge on any atom is 0.330 e. The van der Waals surface area contributed by atoms with Crippen molar-refractivity contribution in [1.82, 2.24) is 19.4 Å². The molecule has 2 aromatic rings. The van der Waals surface area contributed by atoms with Gasteiger partial charge in [-0.25, -0.2) is 9.78 Å². The number of ketones is 1. The fraction of sp³-hybridized carbons (Fsp3) is 0.444. The summed E-state index contributed by atoms with van der Waals surface area (Å²) < 4.78 is 1.34. The number of piperazine rings is 1. The summed E-state index contributed by atoms with van der Waals surface area (Å²) in [6.45, 7) is 2.96. The minimum Gasteiger partial charge on any atom is -0.384 e. The van der Waals surface area contributed by atoms with Crippen LogP contribution in [0.25, 0.3) is 0 Å². The third-order valence-corrected chi connectivity index (χ3v) is 5.09. The summed E-state index contributed by atoms with van der Waals surface area (Å²) in [5.74, 6) is 0.554. The molecular formula is C18H22N6O3. The standard InChI is InChI=1S/C18H22N6O3/c19-16-15(17(26)21-18(27)24(16)12-4-5-12)13(25)11-22-7-9-23(10-8-22)14-3-1-2-6-20-14/h1-3,6,12H,4-5,7-11,19H2,(H,21,26,27). The second-order valence-corrected chi connectivity index (χ2v) is 7.00. The molecule has 27 heavy (non-hydrogen) atoms. The molecule has 9 nitrogen and oxygen atoms in total. The molecule has 1 aliphatic heterocycles. The molecule has 142 valence electrons. The lowest BCUT2D eigenvalue weighted by atomic mass is 10.1. The van der Waals surface area contributed by atoms with Crippen LogP contribution in [-0.2, 0) is 0 Å². The fourth-order valence-corrected chi connectivity index (χ4v) is 3.49. The third-order valence-electron chi connectivity index (χ3n) is 5.09. The molecule has 0 unspecified atom stereocenters. The van der Waals surface area contributed by atoms with E-state index in [1.807, 2.05) is 23.1 Å². The number of anilines is 2. The van der Waals surface area contributed by atoms with Gasteiger partial charge < -0.3 is 10.6 Å². The van der Waals surface area contributed by atoms with Crippen LogP contribution in [0, 0.1) is 0 Å². The lowest BCUT2D eigenvalue weighted by Crippen LogP contribution is -2.49. The third kappa shape index (κ3) is 3.50. The van der Waals surface area contributed by atoms with Crippen LogP contribution < -0.4 is 21.9 Å². The van der Waals surface area contributed by atoms with Crippen molar-refractivity contribution in [2.75, 3.05) is 43.4 Å². The van der Waals surface area contributed by atoms with Gasteiger partial charge in [-0.2, -0.15) is 0 Å². The number of nitrogens with one attached hydrogen (secondary N) is 1. The van der Waals surface area contributed by atoms with Crippen LogP contribution in [0.5, 0.6) is 0 Å². The van der Waals surface area contributed by atoms with Crippen LogP contribution in [0.4, 0.5) is 11.6 Å². The van der Waals surface area contributed by atoms with Crippen LogP contribution in [0.2, 0.25) is 0 Å². The van der Waals surface area contributed by atoms with Crippen molar-refractivity contribution in [1.29, 1.82) is 0 Å². The zero-order valence-electron chi connectivity index (χ0n) is 14.9. The summed E-state index contributed by atoms with van der Waals surface area (Å²) >= 11 is 0. The highest BCUT2D eigenvalue weighted by molar-refractivity contribution is 6.01. The van der Waals surface area contributed by atoms with E-state index >= 15 is 0 Å². The van der Waals surface area contributed by atoms with Crippen molar-refractivity contribution in [3.05, 3.63) is 50.8 Å². The summed E-state index contributed by atoms with van der Waals surface area (Å²) in [5.41, 5.74) is 4.67. The minimum absolute atomic E-state index is 0.0108. The first-order valence-electron chi connectivity index (χ1n) is 9.10. The van der Waals surface area contributed by atoms with Gasteiger partial charge in [0.1, 0.15) is 17.2 Å². The maximum absolute atomic E-state index is 12.7. The number of hydrogen-bond acceptors (Lipinski definition) is 7. The number of Topliss-reactive ketones (excluding diaryl/α,β-unsaturated/α-hetero) is 1. The highest BCUT2D eigenvalue weighted by atomic mass is 16.2. The second-order valence-electron chi connectivity index (χ2n) is 7.00. The predicted molar refractivity (Wildman–Crippen MR) is 101 cm³/mol. The Labute approximate surface area is 155 Å². The number of hydrogen-bond donors (Lipinski definition) is 2. The van der Waals surface area contributed by atoms with Gasteiger partial charge in [-0.1, -0.05) is 6.07 Å². The molecule has 1 saturated heterocycles. The summed E-state index contributed by atoms with van der Waals surface area (Å²) in [5, 5.41) is 0. The normalized spacial score (nSPS) is 17.9. The van der Waals surface area contributed by atoms with Crippen LogP contribution in [0.3, 0.4) is 0 Å². The molecule has 2 aliphatic rings. The molecule has 2 aromatic heterocycles. The van der Waals surface area contributed by atoms with E-state index in [4.69, 9.17) is 5.73 Å². The van der Waals surface area contributed by atoms with E-state index < -0.39 is 11.2 Å². The van der Waals surface area contributed by atoms with Gasteiger partial charge in [0.2, 0.25) is 0 Å². The quantitative estimate of drug-likeness (QED) is 0.703. The van der Waals surface area contributed by atoms with E-state index in [0.717, 1.165) is 31.7 Å². The van der Waals surface area contributed by atoms with Gasteiger partial charge in [-0.3, -0.25) is 24.0 Å². The first-order valence-corrected chi connectivity index (χ1v) is 9.10. The number of rotatable bonds is 5. The Morgan fingerprint density at radius 3 is 2.56 bits per heavy atom. The van der Waals surface area contributed by atoms with E-state index in [1.54, 1.807) is 6.20 Å². The minimum atomic E-state index is -0.702. The smallest absolute Gasteiger partial charge is 0.330 e. The number of nitrogen functional groups attached to an aromatic ring is 1. The summed E-state index contributed by atoms with van der Waals surface area (Å²) in [6.07, 6.45) is 3.42. The van der Waals surface area contributed by atoms with Crippen molar-refractivity contribution < 1.29 is 4.79 Å². The van der Waals surface area contributed by atoms with Gasteiger partial charge in [0.05, 0.1) is 6.54 Å². The SMILES string of the molecule is Nc1c(C(=O)CN2CCN(c3ccccn3)CC2)c(=O)[nH]c(=O)n1C1CC1. The molecule has 3 N–H and O–H groups in total. The van der Waals surface area contributed by atoms with Crippen molar-refractivity contribution in [2.24, 2.45) is 0 Å². The lowest BCUT2D eigenvalue weighted by molar-refractivity contribution is 0.0925. The molecule has 3 heterocycles. The fourth-order valence-electron chi connectivity index (χ4n) is 3.49. The molecule has 0 atom stereocenters. The Kier molecular flexibility index (Phi) is 4.53. The second kappa shape index (κ2) is 6.99. The Morgan fingerprint density at radius 2 is 1.93 bits per heavy atom. The first kappa shape index (κ1) is 17.5. The number of nitrogens with two attached hydrogens (primary N) is 1. The van der Waals surface area contributed by atoms with Crippen molar-refractivity contribution >= 4 is 17.4 Å². The molecule has 1 aliphatic carbocycles. The first-order chi connectivity index (χ1) is 13.0. The predicted octanol–water partition coefficient (Wildman–Crippen LogP) is -0.146. The molecule has 0 bridgehead atoms. The van der Waals surface area contributed by atoms with Gasteiger partial charge >= 0.3 is 5.69 Å². The number of carbonyl (C=O) groups excluding carboxylic acids is 1. The number of H-pyrrole nitrogens is 1. The summed E-state index contributed by atoms with van der Waals surface area (Å²) in [4.78, 5) is 47.6. The Hall–Kier alpha value is -2.94. The molecule has 9 heteroatoms. The summed E-state index contributed by atoms with van der Waals surface area (Å²) in [6, 6.07) is 5.77. The average molecular weight is 370 g/mol. The van der Waals surface area contributed by atoms with E-state index in [2.05, 4.69) is 14.9 Å². The maximum atomic E-state index is 12.7. The lowest BCUT2D eigenvalue weighted by Gasteiger charge is -2.35. The topological polar surface area (TPSA) is 117 Å². The van der Waals surface area contributed by atoms with Crippen LogP contribution in [-0.4, -0.2) is 57.9 Å². The van der Waals surface area contributed by atoms with E-state index in [-0.39, 0.29) is 29.8 Å². The molecular weight excluding hydrogens is 348 g/mol. The Balaban J connectivity index is 1.45. The molecule has 0 amide bonds. The number of aromatic nitrogens is 3. The van der Waals surface area contributed by atoms with Crippen LogP contribution >= 0.6 is 0 Å². The Morgan fingerprint density at radius 1 is 1.19 bits per heavy atom. The molecule has 4 rings (SSSR count). The highest BCUT2D eigenvalue weighted by Gasteiger charge is 2.30. The molecule has 0 aromatic carbocycles. The van der Waals surface area contributed by atoms with Crippen LogP contribution in [0.15, 0.2) is 34.0 Å². The van der Waals surface area contributed by atoms with Crippen molar-refractivity contribution in [3.8, 4) is 0 Å². The van der Waals surface area contributed by atoms with Gasteiger partial charge in [-0.05, 0) is 25.0 Å². The molecule has 1 saturated carbocycles. The van der Waals surface area contributed by atoms with Gasteiger partial charge in [-0.15, -0.1) is 0 Å². The zero-order chi connectivity index (χ0) is 19.0. The Bertz CT molecular complexity index is 955. The molecule has 0 spiro atoms. The number of pyridine rings is 1. The van der Waals surface area contributed by atoms with Gasteiger partial charge in [0.15, 0.2) is 5.78 Å². The average Bonchev–Trinajstić information content (AvgIpc) is 3.47.